The predicted molar refractivity (Wildman–Crippen MR) is 440 cm³/mol. The van der Waals surface area contributed by atoms with Gasteiger partial charge in [0.2, 0.25) is 0 Å². The van der Waals surface area contributed by atoms with Crippen molar-refractivity contribution >= 4 is 35.8 Å². The van der Waals surface area contributed by atoms with E-state index in [1.54, 1.807) is 59.3 Å². The Hall–Kier alpha value is -4.74. The van der Waals surface area contributed by atoms with Crippen LogP contribution in [0.2, 0.25) is 0 Å². The molecule has 24 aliphatic carbocycles. The topological polar surface area (TPSA) is 158 Å². The fourth-order valence-corrected chi connectivity index (χ4v) is 30.8. The summed E-state index contributed by atoms with van der Waals surface area (Å²) in [6, 6.07) is 0. The number of rotatable bonds is 28. The average Bonchev–Trinajstić information content (AvgIpc) is 0.755. The molecule has 618 valence electrons. The molecule has 0 saturated heterocycles. The molecule has 111 heavy (non-hydrogen) atoms. The van der Waals surface area contributed by atoms with Gasteiger partial charge in [-0.25, -0.2) is 28.8 Å². The molecule has 0 atom stereocenters. The van der Waals surface area contributed by atoms with Crippen LogP contribution in [-0.4, -0.2) is 73.4 Å². The normalized spacial score (nSPS) is 41.4. The molecule has 0 unspecified atom stereocenters. The maximum Gasteiger partial charge on any atom is 0.333 e. The van der Waals surface area contributed by atoms with Gasteiger partial charge in [-0.05, 0) is 431 Å². The fraction of sp³-hybridized carbons (Fsp3) is 0.818. The zero-order valence-corrected chi connectivity index (χ0v) is 70.3. The number of hydrogen-bond donors (Lipinski definition) is 0. The first kappa shape index (κ1) is 84.2. The van der Waals surface area contributed by atoms with Crippen molar-refractivity contribution in [2.24, 2.45) is 140 Å². The molecule has 24 aliphatic rings. The van der Waals surface area contributed by atoms with Crippen molar-refractivity contribution in [3.05, 3.63) is 74.4 Å². The zero-order valence-electron chi connectivity index (χ0n) is 70.3. The Kier molecular flexibility index (Phi) is 27.6. The molecule has 0 N–H and O–H groups in total. The lowest BCUT2D eigenvalue weighted by atomic mass is 9.48. The smallest absolute Gasteiger partial charge is 0.333 e. The van der Waals surface area contributed by atoms with Gasteiger partial charge in [-0.1, -0.05) is 78.0 Å². The molecule has 0 heterocycles. The SMILES string of the molecule is C=C(C)C(=O)OC1(C)C2CC3CC(C2)CC1C3.C=C(C)C(=O)OCCC12CC3CC(CC(C3)C1)C2.C=C(C)C(=O)OCCCCCCC12CC3CC(CC(C3)C1)C2.C=CC(=O)OC1(C)C2CC3CC(C2)CC1C3.C=CC(=O)OCCC12CC3CC(CC(C3)C1)C2.C=CC(=O)OCCCCCCC12CC3CC(CC(C3)C1)C2. The average molecular weight is 1530 g/mol. The van der Waals surface area contributed by atoms with Gasteiger partial charge in [0.25, 0.3) is 0 Å². The number of esters is 6. The van der Waals surface area contributed by atoms with E-state index in [1.807, 2.05) is 0 Å². The van der Waals surface area contributed by atoms with E-state index < -0.39 is 0 Å². The summed E-state index contributed by atoms with van der Waals surface area (Å²) in [5, 5.41) is 0. The molecular formula is C99H150O12. The van der Waals surface area contributed by atoms with E-state index in [-0.39, 0.29) is 47.0 Å². The van der Waals surface area contributed by atoms with Gasteiger partial charge in [-0.3, -0.25) is 0 Å². The molecule has 0 amide bonds. The minimum atomic E-state index is -0.288. The first-order valence-corrected chi connectivity index (χ1v) is 46.1. The minimum Gasteiger partial charge on any atom is -0.463 e. The van der Waals surface area contributed by atoms with Crippen molar-refractivity contribution in [2.75, 3.05) is 26.4 Å². The second-order valence-corrected chi connectivity index (χ2v) is 42.8. The van der Waals surface area contributed by atoms with Crippen molar-refractivity contribution in [3.63, 3.8) is 0 Å². The number of carbonyl (C=O) groups is 6. The molecular weight excluding hydrogens is 1380 g/mol. The van der Waals surface area contributed by atoms with E-state index in [0.29, 0.717) is 77.6 Å². The monoisotopic (exact) mass is 1530 g/mol. The highest BCUT2D eigenvalue weighted by atomic mass is 16.6. The molecule has 12 nitrogen and oxygen atoms in total. The van der Waals surface area contributed by atoms with Crippen LogP contribution < -0.4 is 0 Å². The maximum atomic E-state index is 11.8. The van der Waals surface area contributed by atoms with E-state index >= 15 is 0 Å². The van der Waals surface area contributed by atoms with Gasteiger partial charge in [-0.2, -0.15) is 0 Å². The van der Waals surface area contributed by atoms with Crippen LogP contribution in [0.25, 0.3) is 0 Å². The quantitative estimate of drug-likeness (QED) is 0.0316. The Morgan fingerprint density at radius 3 is 0.775 bits per heavy atom. The maximum absolute atomic E-state index is 11.8. The van der Waals surface area contributed by atoms with Crippen LogP contribution in [0.15, 0.2) is 74.4 Å². The summed E-state index contributed by atoms with van der Waals surface area (Å²) in [4.78, 5) is 67.9. The number of hydrogen-bond acceptors (Lipinski definition) is 12. The molecule has 0 aromatic carbocycles. The lowest BCUT2D eigenvalue weighted by Crippen LogP contribution is -2.58. The molecule has 24 bridgehead atoms. The second-order valence-electron chi connectivity index (χ2n) is 42.8. The first-order chi connectivity index (χ1) is 53.1. The predicted octanol–water partition coefficient (Wildman–Crippen LogP) is 23.4. The van der Waals surface area contributed by atoms with Gasteiger partial charge in [0, 0.05) is 34.9 Å². The Labute approximate surface area is 671 Å². The Bertz CT molecular complexity index is 3120. The van der Waals surface area contributed by atoms with Crippen LogP contribution >= 0.6 is 0 Å². The van der Waals surface area contributed by atoms with Gasteiger partial charge in [0.15, 0.2) is 0 Å². The van der Waals surface area contributed by atoms with Crippen molar-refractivity contribution in [1.82, 2.24) is 0 Å². The summed E-state index contributed by atoms with van der Waals surface area (Å²) in [6.45, 7) is 33.0. The molecule has 0 aromatic heterocycles. The van der Waals surface area contributed by atoms with Gasteiger partial charge >= 0.3 is 35.8 Å². The molecule has 24 fully saturated rings. The summed E-state index contributed by atoms with van der Waals surface area (Å²) >= 11 is 0. The molecule has 0 aliphatic heterocycles. The molecule has 24 saturated carbocycles. The zero-order chi connectivity index (χ0) is 78.5. The van der Waals surface area contributed by atoms with E-state index in [4.69, 9.17) is 28.4 Å². The molecule has 12 heteroatoms. The van der Waals surface area contributed by atoms with Crippen LogP contribution in [-0.2, 0) is 57.2 Å². The van der Waals surface area contributed by atoms with Crippen molar-refractivity contribution in [1.29, 1.82) is 0 Å². The van der Waals surface area contributed by atoms with Crippen molar-refractivity contribution < 1.29 is 57.2 Å². The Balaban J connectivity index is 0.000000117. The number of unbranched alkanes of at least 4 members (excludes halogenated alkanes) is 6. The lowest BCUT2D eigenvalue weighted by molar-refractivity contribution is -0.199. The van der Waals surface area contributed by atoms with E-state index in [1.165, 1.54) is 249 Å². The third-order valence-electron chi connectivity index (χ3n) is 33.8. The van der Waals surface area contributed by atoms with Gasteiger partial charge in [0.1, 0.15) is 11.2 Å². The van der Waals surface area contributed by atoms with Gasteiger partial charge in [-0.15, -0.1) is 0 Å². The van der Waals surface area contributed by atoms with E-state index in [9.17, 15) is 28.8 Å². The fourth-order valence-electron chi connectivity index (χ4n) is 30.8. The highest BCUT2D eigenvalue weighted by Crippen LogP contribution is 2.67. The summed E-state index contributed by atoms with van der Waals surface area (Å²) in [7, 11) is 0. The second kappa shape index (κ2) is 36.4. The third-order valence-corrected chi connectivity index (χ3v) is 33.8. The van der Waals surface area contributed by atoms with Crippen LogP contribution in [0.4, 0.5) is 0 Å². The molecule has 24 rings (SSSR count). The third kappa shape index (κ3) is 21.0. The van der Waals surface area contributed by atoms with Crippen LogP contribution in [0, 0.1) is 140 Å². The van der Waals surface area contributed by atoms with E-state index in [2.05, 4.69) is 53.3 Å². The van der Waals surface area contributed by atoms with Gasteiger partial charge < -0.3 is 28.4 Å². The van der Waals surface area contributed by atoms with Crippen LogP contribution in [0.1, 0.15) is 330 Å². The number of carbonyl (C=O) groups excluding carboxylic acids is 6. The summed E-state index contributed by atoms with van der Waals surface area (Å²) in [5.74, 6) is 17.0. The van der Waals surface area contributed by atoms with E-state index in [0.717, 1.165) is 131 Å². The molecule has 0 spiro atoms. The molecule has 0 radical (unpaired) electrons. The minimum absolute atomic E-state index is 0.194. The van der Waals surface area contributed by atoms with Crippen LogP contribution in [0.3, 0.4) is 0 Å². The van der Waals surface area contributed by atoms with Crippen molar-refractivity contribution in [2.45, 2.75) is 341 Å². The summed E-state index contributed by atoms with van der Waals surface area (Å²) in [6.07, 6.45) is 67.4. The Morgan fingerprint density at radius 2 is 0.495 bits per heavy atom. The van der Waals surface area contributed by atoms with Crippen LogP contribution in [0.5, 0.6) is 0 Å². The first-order valence-electron chi connectivity index (χ1n) is 46.1. The number of ether oxygens (including phenoxy) is 6. The molecule has 0 aromatic rings. The summed E-state index contributed by atoms with van der Waals surface area (Å²) in [5.41, 5.74) is 3.66. The lowest BCUT2D eigenvalue weighted by Gasteiger charge is -2.59. The highest BCUT2D eigenvalue weighted by molar-refractivity contribution is 5.88. The largest absolute Gasteiger partial charge is 0.463 e. The van der Waals surface area contributed by atoms with Gasteiger partial charge in [0.05, 0.1) is 26.4 Å². The van der Waals surface area contributed by atoms with Crippen molar-refractivity contribution in [3.8, 4) is 0 Å². The standard InChI is InChI=1S/C20H32O2.C19H30O2.C16H24O2.2C15H22O2.C14H20O2/c1-15(2)19(21)22-8-6-4-3-5-7-20-12-16-9-17(13-20)11-18(10-16)14-20;1-2-18(20)21-8-6-4-3-5-7-19-12-15-9-16(13-19)11-17(10-15)14-19;1-11(2)15(17)18-4-3-16-8-12-5-13(9-16)7-14(6-12)10-16;1-9(2)14(16)17-15(3)12-5-10-4-11(7-12)8-13(15)6-10;1-2-14(16)17-4-3-15-8-11-5-12(9-15)7-13(6-11)10-15;1-3-13(15)16-14(2)11-5-9-4-10(7-11)8-12(14)6-9/h16-18H,1,3-14H2,2H3;2,15-17H,1,3-14H2;12-14H,1,3-10H2,2H3;10-13H,1,4-8H2,2-3H3;2,11-13H,1,3-10H2;3,9-12H,1,4-8H2,2H3. The highest BCUT2D eigenvalue weighted by Gasteiger charge is 2.60. The summed E-state index contributed by atoms with van der Waals surface area (Å²) < 4.78 is 32.2. The Morgan fingerprint density at radius 1 is 0.270 bits per heavy atom.